The second-order valence-corrected chi connectivity index (χ2v) is 13.6. The van der Waals surface area contributed by atoms with E-state index in [1.807, 2.05) is 11.8 Å². The van der Waals surface area contributed by atoms with Crippen molar-refractivity contribution in [3.63, 3.8) is 0 Å². The van der Waals surface area contributed by atoms with Gasteiger partial charge < -0.3 is 4.90 Å². The van der Waals surface area contributed by atoms with Crippen LogP contribution in [0.5, 0.6) is 0 Å². The Morgan fingerprint density at radius 2 is 1.11 bits per heavy atom. The molecule has 0 saturated heterocycles. The van der Waals surface area contributed by atoms with Gasteiger partial charge in [-0.2, -0.15) is 0 Å². The van der Waals surface area contributed by atoms with E-state index >= 15 is 0 Å². The summed E-state index contributed by atoms with van der Waals surface area (Å²) in [6.07, 6.45) is 6.04. The van der Waals surface area contributed by atoms with Crippen LogP contribution in [0.3, 0.4) is 0 Å². The normalized spacial score (nSPS) is 18.3. The van der Waals surface area contributed by atoms with Gasteiger partial charge in [0.2, 0.25) is 0 Å². The Hall–Kier alpha value is -5.05. The first-order chi connectivity index (χ1) is 22.3. The maximum atomic E-state index is 2.54. The van der Waals surface area contributed by atoms with Crippen molar-refractivity contribution < 1.29 is 0 Å². The molecule has 0 bridgehead atoms. The predicted octanol–water partition coefficient (Wildman–Crippen LogP) is 12.1. The van der Waals surface area contributed by atoms with Crippen molar-refractivity contribution >= 4 is 55.5 Å². The van der Waals surface area contributed by atoms with Crippen LogP contribution in [0, 0.1) is 11.8 Å². The van der Waals surface area contributed by atoms with E-state index in [4.69, 9.17) is 0 Å². The van der Waals surface area contributed by atoms with Crippen molar-refractivity contribution in [3.8, 4) is 22.3 Å². The topological polar surface area (TPSA) is 3.24 Å². The van der Waals surface area contributed by atoms with Crippen LogP contribution in [0.1, 0.15) is 6.42 Å². The maximum absolute atomic E-state index is 2.54. The molecule has 7 aromatic carbocycles. The zero-order valence-electron chi connectivity index (χ0n) is 24.7. The number of para-hydroxylation sites is 1. The zero-order valence-corrected chi connectivity index (χ0v) is 25.5. The number of anilines is 2. The van der Waals surface area contributed by atoms with Crippen LogP contribution in [0.15, 0.2) is 167 Å². The highest BCUT2D eigenvalue weighted by atomic mass is 32.2. The Morgan fingerprint density at radius 3 is 1.84 bits per heavy atom. The largest absolute Gasteiger partial charge is 0.312 e. The number of nitrogens with zero attached hydrogens (tertiary/aromatic N) is 1. The molecule has 1 heterocycles. The molecule has 2 unspecified atom stereocenters. The minimum Gasteiger partial charge on any atom is -0.312 e. The molecular formula is C43H29NS. The molecule has 45 heavy (non-hydrogen) atoms. The van der Waals surface area contributed by atoms with Gasteiger partial charge in [-0.3, -0.25) is 0 Å². The number of benzene rings is 7. The highest BCUT2D eigenvalue weighted by Crippen LogP contribution is 2.59. The van der Waals surface area contributed by atoms with Gasteiger partial charge in [-0.1, -0.05) is 133 Å². The summed E-state index contributed by atoms with van der Waals surface area (Å²) in [6.45, 7) is 0. The third-order valence-electron chi connectivity index (χ3n) is 9.91. The van der Waals surface area contributed by atoms with Crippen LogP contribution >= 0.6 is 11.8 Å². The third kappa shape index (κ3) is 3.96. The van der Waals surface area contributed by atoms with Crippen molar-refractivity contribution in [1.29, 1.82) is 0 Å². The summed E-state index contributed by atoms with van der Waals surface area (Å²) in [5.41, 5.74) is 8.98. The van der Waals surface area contributed by atoms with E-state index in [0.29, 0.717) is 11.8 Å². The summed E-state index contributed by atoms with van der Waals surface area (Å²) in [7, 11) is 0. The number of thioether (sulfide) groups is 1. The molecule has 2 aliphatic carbocycles. The highest BCUT2D eigenvalue weighted by Gasteiger charge is 2.46. The first-order valence-corrected chi connectivity index (χ1v) is 16.7. The monoisotopic (exact) mass is 591 g/mol. The number of rotatable bonds is 3. The van der Waals surface area contributed by atoms with Crippen molar-refractivity contribution in [2.45, 2.75) is 11.3 Å². The Morgan fingerprint density at radius 1 is 0.511 bits per heavy atom. The molecule has 212 valence electrons. The van der Waals surface area contributed by atoms with Crippen LogP contribution in [0.4, 0.5) is 11.4 Å². The van der Waals surface area contributed by atoms with E-state index in [9.17, 15) is 0 Å². The molecule has 0 aromatic heterocycles. The summed E-state index contributed by atoms with van der Waals surface area (Å²) in [4.78, 5) is 5.26. The van der Waals surface area contributed by atoms with Gasteiger partial charge in [-0.05, 0) is 97.2 Å². The van der Waals surface area contributed by atoms with Gasteiger partial charge in [-0.25, -0.2) is 0 Å². The van der Waals surface area contributed by atoms with E-state index in [1.54, 1.807) is 0 Å². The van der Waals surface area contributed by atoms with Crippen LogP contribution in [0.25, 0.3) is 54.6 Å². The lowest BCUT2D eigenvalue weighted by atomic mass is 9.92. The van der Waals surface area contributed by atoms with Crippen molar-refractivity contribution in [2.75, 3.05) is 4.90 Å². The molecule has 0 spiro atoms. The lowest BCUT2D eigenvalue weighted by Crippen LogP contribution is -2.23. The fourth-order valence-electron chi connectivity index (χ4n) is 7.60. The number of fused-ring (bicyclic) bond motifs is 9. The highest BCUT2D eigenvalue weighted by molar-refractivity contribution is 8.03. The fourth-order valence-corrected chi connectivity index (χ4v) is 8.75. The van der Waals surface area contributed by atoms with Gasteiger partial charge in [0.15, 0.2) is 0 Å². The maximum Gasteiger partial charge on any atom is 0.0598 e. The van der Waals surface area contributed by atoms with E-state index < -0.39 is 0 Å². The number of allylic oxidation sites excluding steroid dienone is 3. The molecule has 10 rings (SSSR count). The molecule has 7 aromatic rings. The molecule has 1 aliphatic heterocycles. The van der Waals surface area contributed by atoms with Gasteiger partial charge in [-0.15, -0.1) is 0 Å². The molecule has 2 heteroatoms. The fraction of sp³-hybridized carbons (Fsp3) is 0.0698. The minimum absolute atomic E-state index is 0.630. The van der Waals surface area contributed by atoms with Crippen molar-refractivity contribution in [2.24, 2.45) is 11.8 Å². The van der Waals surface area contributed by atoms with Gasteiger partial charge >= 0.3 is 0 Å². The average molecular weight is 592 g/mol. The van der Waals surface area contributed by atoms with Gasteiger partial charge in [0.25, 0.3) is 0 Å². The van der Waals surface area contributed by atoms with E-state index in [0.717, 1.165) is 0 Å². The first-order valence-electron chi connectivity index (χ1n) is 15.8. The lowest BCUT2D eigenvalue weighted by Gasteiger charge is -2.36. The molecular weight excluding hydrogens is 563 g/mol. The molecule has 3 aliphatic rings. The second-order valence-electron chi connectivity index (χ2n) is 12.5. The first kappa shape index (κ1) is 25.3. The van der Waals surface area contributed by atoms with E-state index in [-0.39, 0.29) is 0 Å². The zero-order chi connectivity index (χ0) is 29.5. The predicted molar refractivity (Wildman–Crippen MR) is 192 cm³/mol. The SMILES string of the molecule is C1=CC2CC2C2=C1Sc1ccccc1N2c1cccc(-c2ccc(-c3ccc4c5ccccc5c5ccccc5c4c3)cc2)c1. The standard InChI is InChI=1S/C43H29NS/c1-2-12-35-33(10-1)34-11-3-4-13-36(34)39-25-30(20-22-37(35)39)28-18-16-27(17-19-28)29-8-7-9-32(24-29)44-40-14-5-6-15-41(40)45-42-23-21-31-26-38(31)43(42)44/h1-25,31,38H,26H2. The summed E-state index contributed by atoms with van der Waals surface area (Å²) < 4.78 is 0. The van der Waals surface area contributed by atoms with Crippen molar-refractivity contribution in [1.82, 2.24) is 0 Å². The molecule has 1 fully saturated rings. The number of hydrogen-bond donors (Lipinski definition) is 0. The molecule has 2 atom stereocenters. The minimum atomic E-state index is 0.630. The lowest BCUT2D eigenvalue weighted by molar-refractivity contribution is 0.859. The Balaban J connectivity index is 1.04. The summed E-state index contributed by atoms with van der Waals surface area (Å²) >= 11 is 1.92. The molecule has 1 nitrogen and oxygen atoms in total. The summed E-state index contributed by atoms with van der Waals surface area (Å²) in [5.74, 6) is 1.32. The average Bonchev–Trinajstić information content (AvgIpc) is 3.91. The van der Waals surface area contributed by atoms with Crippen LogP contribution in [0.2, 0.25) is 0 Å². The Labute approximate surface area is 267 Å². The van der Waals surface area contributed by atoms with E-state index in [1.165, 1.54) is 87.9 Å². The quantitative estimate of drug-likeness (QED) is 0.188. The second kappa shape index (κ2) is 9.72. The van der Waals surface area contributed by atoms with E-state index in [2.05, 4.69) is 157 Å². The smallest absolute Gasteiger partial charge is 0.0598 e. The summed E-state index contributed by atoms with van der Waals surface area (Å²) in [6, 6.07) is 51.6. The molecule has 1 saturated carbocycles. The van der Waals surface area contributed by atoms with Crippen LogP contribution in [-0.4, -0.2) is 0 Å². The molecule has 0 amide bonds. The van der Waals surface area contributed by atoms with Gasteiger partial charge in [0, 0.05) is 27.1 Å². The Kier molecular flexibility index (Phi) is 5.47. The van der Waals surface area contributed by atoms with Gasteiger partial charge in [0.1, 0.15) is 0 Å². The third-order valence-corrected chi connectivity index (χ3v) is 11.0. The summed E-state index contributed by atoms with van der Waals surface area (Å²) in [5, 5.41) is 7.87. The van der Waals surface area contributed by atoms with Crippen molar-refractivity contribution in [3.05, 3.63) is 162 Å². The molecule has 0 radical (unpaired) electrons. The number of hydrogen-bond acceptors (Lipinski definition) is 2. The Bertz CT molecular complexity index is 2360. The molecule has 0 N–H and O–H groups in total. The van der Waals surface area contributed by atoms with Gasteiger partial charge in [0.05, 0.1) is 5.69 Å². The van der Waals surface area contributed by atoms with Crippen LogP contribution in [-0.2, 0) is 0 Å². The van der Waals surface area contributed by atoms with Crippen LogP contribution < -0.4 is 4.90 Å².